The Hall–Kier alpha value is -0.570. The first-order valence-corrected chi connectivity index (χ1v) is 5.93. The zero-order valence-corrected chi connectivity index (χ0v) is 9.71. The van der Waals surface area contributed by atoms with Crippen molar-refractivity contribution >= 4 is 5.97 Å². The van der Waals surface area contributed by atoms with E-state index in [-0.39, 0.29) is 5.97 Å². The predicted molar refractivity (Wildman–Crippen MR) is 60.4 cm³/mol. The van der Waals surface area contributed by atoms with Crippen LogP contribution in [0.15, 0.2) is 0 Å². The van der Waals surface area contributed by atoms with E-state index in [1.165, 1.54) is 13.0 Å². The van der Waals surface area contributed by atoms with Crippen molar-refractivity contribution in [3.05, 3.63) is 6.92 Å². The van der Waals surface area contributed by atoms with Gasteiger partial charge in [-0.15, -0.1) is 0 Å². The first kappa shape index (κ1) is 12.5. The second-order valence-corrected chi connectivity index (χ2v) is 4.17. The number of rotatable bonds is 6. The Kier molecular flexibility index (Phi) is 5.69. The summed E-state index contributed by atoms with van der Waals surface area (Å²) in [5, 5.41) is 0. The lowest BCUT2D eigenvalue weighted by molar-refractivity contribution is -0.143. The summed E-state index contributed by atoms with van der Waals surface area (Å²) < 4.78 is 5.08. The van der Waals surface area contributed by atoms with E-state index in [9.17, 15) is 4.79 Å². The summed E-state index contributed by atoms with van der Waals surface area (Å²) in [6.45, 7) is 9.72. The first-order chi connectivity index (χ1) is 7.26. The van der Waals surface area contributed by atoms with Crippen LogP contribution in [-0.4, -0.2) is 37.1 Å². The normalized spacial score (nSPS) is 21.9. The lowest BCUT2D eigenvalue weighted by Crippen LogP contribution is -2.21. The Labute approximate surface area is 92.8 Å². The lowest BCUT2D eigenvalue weighted by Gasteiger charge is -2.14. The zero-order valence-electron chi connectivity index (χ0n) is 9.71. The summed E-state index contributed by atoms with van der Waals surface area (Å²) in [4.78, 5) is 13.4. The molecule has 1 fully saturated rings. The van der Waals surface area contributed by atoms with Crippen LogP contribution in [0.1, 0.15) is 32.6 Å². The van der Waals surface area contributed by atoms with E-state index in [1.54, 1.807) is 0 Å². The molecular weight excluding hydrogens is 190 g/mol. The molecule has 1 saturated heterocycles. The minimum Gasteiger partial charge on any atom is -0.466 e. The monoisotopic (exact) mass is 212 g/mol. The largest absolute Gasteiger partial charge is 0.466 e. The Morgan fingerprint density at radius 3 is 3.07 bits per heavy atom. The van der Waals surface area contributed by atoms with Gasteiger partial charge in [-0.25, -0.2) is 0 Å². The maximum absolute atomic E-state index is 10.9. The summed E-state index contributed by atoms with van der Waals surface area (Å²) in [7, 11) is 0. The van der Waals surface area contributed by atoms with Gasteiger partial charge < -0.3 is 9.64 Å². The molecule has 3 nitrogen and oxygen atoms in total. The van der Waals surface area contributed by atoms with Crippen LogP contribution in [0.3, 0.4) is 0 Å². The van der Waals surface area contributed by atoms with Crippen molar-refractivity contribution in [1.82, 2.24) is 4.90 Å². The van der Waals surface area contributed by atoms with Gasteiger partial charge in [0.1, 0.15) is 0 Å². The third-order valence-corrected chi connectivity index (χ3v) is 2.92. The lowest BCUT2D eigenvalue weighted by atomic mass is 10.1. The summed E-state index contributed by atoms with van der Waals surface area (Å²) in [5.41, 5.74) is 0. The van der Waals surface area contributed by atoms with E-state index in [2.05, 4.69) is 11.8 Å². The van der Waals surface area contributed by atoms with Crippen molar-refractivity contribution in [3.63, 3.8) is 0 Å². The summed E-state index contributed by atoms with van der Waals surface area (Å²) in [6, 6.07) is 0. The van der Waals surface area contributed by atoms with Gasteiger partial charge in [-0.2, -0.15) is 0 Å². The fraction of sp³-hybridized carbons (Fsp3) is 0.833. The van der Waals surface area contributed by atoms with Gasteiger partial charge in [0.25, 0.3) is 0 Å². The number of esters is 1. The Bertz CT molecular complexity index is 194. The molecule has 1 aliphatic heterocycles. The summed E-state index contributed by atoms with van der Waals surface area (Å²) in [5.74, 6) is 0.629. The topological polar surface area (TPSA) is 29.5 Å². The molecule has 1 radical (unpaired) electrons. The van der Waals surface area contributed by atoms with Crippen molar-refractivity contribution in [2.45, 2.75) is 32.6 Å². The van der Waals surface area contributed by atoms with E-state index < -0.39 is 0 Å². The first-order valence-electron chi connectivity index (χ1n) is 5.93. The zero-order chi connectivity index (χ0) is 11.1. The SMILES string of the molecule is [CH2]CCN1CCC(CCOC(=O)CC)C1. The number of nitrogens with zero attached hydrogens (tertiary/aromatic N) is 1. The maximum Gasteiger partial charge on any atom is 0.305 e. The number of carbonyl (C=O) groups is 1. The number of likely N-dealkylation sites (tertiary alicyclic amines) is 1. The molecule has 0 aliphatic carbocycles. The van der Waals surface area contributed by atoms with Crippen LogP contribution >= 0.6 is 0 Å². The average Bonchev–Trinajstić information content (AvgIpc) is 2.66. The van der Waals surface area contributed by atoms with E-state index in [0.717, 1.165) is 25.9 Å². The fourth-order valence-corrected chi connectivity index (χ4v) is 2.02. The van der Waals surface area contributed by atoms with Crippen LogP contribution in [0.2, 0.25) is 0 Å². The molecule has 1 heterocycles. The summed E-state index contributed by atoms with van der Waals surface area (Å²) in [6.07, 6.45) is 3.72. The molecule has 1 unspecified atom stereocenters. The second kappa shape index (κ2) is 6.83. The van der Waals surface area contributed by atoms with Crippen LogP contribution in [0.5, 0.6) is 0 Å². The maximum atomic E-state index is 10.9. The molecule has 1 aliphatic rings. The van der Waals surface area contributed by atoms with Gasteiger partial charge in [0.2, 0.25) is 0 Å². The molecule has 0 amide bonds. The molecule has 0 N–H and O–H groups in total. The van der Waals surface area contributed by atoms with E-state index in [4.69, 9.17) is 4.74 Å². The molecule has 1 atom stereocenters. The molecule has 0 aromatic heterocycles. The molecule has 0 aromatic carbocycles. The van der Waals surface area contributed by atoms with Crippen LogP contribution in [0, 0.1) is 12.8 Å². The molecule has 0 aromatic rings. The smallest absolute Gasteiger partial charge is 0.305 e. The molecule has 3 heteroatoms. The van der Waals surface area contributed by atoms with Crippen LogP contribution in [0.25, 0.3) is 0 Å². The van der Waals surface area contributed by atoms with Crippen LogP contribution < -0.4 is 0 Å². The van der Waals surface area contributed by atoms with Gasteiger partial charge in [-0.1, -0.05) is 13.8 Å². The van der Waals surface area contributed by atoms with Crippen molar-refractivity contribution in [3.8, 4) is 0 Å². The Morgan fingerprint density at radius 2 is 2.40 bits per heavy atom. The molecule has 0 spiro atoms. The highest BCUT2D eigenvalue weighted by molar-refractivity contribution is 5.68. The molecule has 0 bridgehead atoms. The van der Waals surface area contributed by atoms with Crippen molar-refractivity contribution in [2.24, 2.45) is 5.92 Å². The third kappa shape index (κ3) is 4.65. The van der Waals surface area contributed by atoms with E-state index >= 15 is 0 Å². The highest BCUT2D eigenvalue weighted by Crippen LogP contribution is 2.19. The predicted octanol–water partition coefficient (Wildman–Crippen LogP) is 1.88. The summed E-state index contributed by atoms with van der Waals surface area (Å²) >= 11 is 0. The molecular formula is C12H22NO2. The third-order valence-electron chi connectivity index (χ3n) is 2.92. The van der Waals surface area contributed by atoms with Gasteiger partial charge in [-0.05, 0) is 38.3 Å². The van der Waals surface area contributed by atoms with E-state index in [1.807, 2.05) is 6.92 Å². The average molecular weight is 212 g/mol. The Morgan fingerprint density at radius 1 is 1.60 bits per heavy atom. The van der Waals surface area contributed by atoms with Gasteiger partial charge >= 0.3 is 5.97 Å². The van der Waals surface area contributed by atoms with Crippen molar-refractivity contribution in [1.29, 1.82) is 0 Å². The quantitative estimate of drug-likeness (QED) is 0.630. The standard InChI is InChI=1S/C12H22NO2/c1-3-7-13-8-5-11(10-13)6-9-15-12(14)4-2/h11H,1,3-10H2,2H3. The highest BCUT2D eigenvalue weighted by atomic mass is 16.5. The fourth-order valence-electron chi connectivity index (χ4n) is 2.02. The van der Waals surface area contributed by atoms with Crippen LogP contribution in [-0.2, 0) is 9.53 Å². The number of hydrogen-bond acceptors (Lipinski definition) is 3. The van der Waals surface area contributed by atoms with Gasteiger partial charge in [-0.3, -0.25) is 4.79 Å². The molecule has 1 rings (SSSR count). The van der Waals surface area contributed by atoms with Gasteiger partial charge in [0, 0.05) is 13.0 Å². The highest BCUT2D eigenvalue weighted by Gasteiger charge is 2.21. The van der Waals surface area contributed by atoms with Gasteiger partial charge in [0.05, 0.1) is 6.61 Å². The minimum absolute atomic E-state index is 0.0809. The van der Waals surface area contributed by atoms with Crippen molar-refractivity contribution in [2.75, 3.05) is 26.2 Å². The van der Waals surface area contributed by atoms with E-state index in [0.29, 0.717) is 18.9 Å². The molecule has 0 saturated carbocycles. The van der Waals surface area contributed by atoms with Gasteiger partial charge in [0.15, 0.2) is 0 Å². The molecule has 87 valence electrons. The van der Waals surface area contributed by atoms with Crippen LogP contribution in [0.4, 0.5) is 0 Å². The Balaban J connectivity index is 2.06. The second-order valence-electron chi connectivity index (χ2n) is 4.17. The molecule has 15 heavy (non-hydrogen) atoms. The number of hydrogen-bond donors (Lipinski definition) is 0. The van der Waals surface area contributed by atoms with Crippen molar-refractivity contribution < 1.29 is 9.53 Å². The minimum atomic E-state index is -0.0809. The number of carbonyl (C=O) groups excluding carboxylic acids is 1. The number of ether oxygens (including phenoxy) is 1.